The Kier molecular flexibility index (Phi) is 11.8. The molecular formula is C24H44S. The lowest BCUT2D eigenvalue weighted by Crippen LogP contribution is -2.07. The summed E-state index contributed by atoms with van der Waals surface area (Å²) in [4.78, 5) is 3.18. The summed E-state index contributed by atoms with van der Waals surface area (Å²) in [5.41, 5.74) is 3.43. The number of aryl methyl sites for hydroxylation is 2. The zero-order chi connectivity index (χ0) is 18.7. The van der Waals surface area contributed by atoms with Crippen LogP contribution >= 0.6 is 11.3 Å². The summed E-state index contributed by atoms with van der Waals surface area (Å²) in [6, 6.07) is 0. The number of hydrogen-bond donors (Lipinski definition) is 0. The minimum atomic E-state index is 0.836. The maximum atomic E-state index is 2.47. The minimum absolute atomic E-state index is 0.836. The Hall–Kier alpha value is -0.300. The fourth-order valence-electron chi connectivity index (χ4n) is 4.05. The SMILES string of the molecule is CCCCCCC(C)Cc1c(C)sc(C)c1CC(C)CCCCCC. The van der Waals surface area contributed by atoms with Gasteiger partial charge in [0, 0.05) is 9.75 Å². The van der Waals surface area contributed by atoms with Crippen molar-refractivity contribution in [2.45, 2.75) is 119 Å². The Labute approximate surface area is 162 Å². The molecule has 0 aliphatic carbocycles. The predicted molar refractivity (Wildman–Crippen MR) is 117 cm³/mol. The van der Waals surface area contributed by atoms with Gasteiger partial charge in [-0.2, -0.15) is 0 Å². The van der Waals surface area contributed by atoms with E-state index in [-0.39, 0.29) is 0 Å². The standard InChI is InChI=1S/C24H44S/c1-7-9-11-13-15-19(3)17-23-21(5)25-22(6)24(23)18-20(4)16-14-12-10-8-2/h19-20H,7-18H2,1-6H3. The third-order valence-electron chi connectivity index (χ3n) is 5.73. The zero-order valence-corrected chi connectivity index (χ0v) is 18.9. The molecule has 1 aromatic rings. The third kappa shape index (κ3) is 8.76. The van der Waals surface area contributed by atoms with E-state index in [1.165, 1.54) is 77.0 Å². The molecule has 1 heteroatoms. The highest BCUT2D eigenvalue weighted by atomic mass is 32.1. The van der Waals surface area contributed by atoms with E-state index in [1.54, 1.807) is 20.9 Å². The monoisotopic (exact) mass is 364 g/mol. The molecule has 0 amide bonds. The van der Waals surface area contributed by atoms with Crippen LogP contribution in [0.4, 0.5) is 0 Å². The lowest BCUT2D eigenvalue weighted by Gasteiger charge is -2.16. The smallest absolute Gasteiger partial charge is 0.00519 e. The van der Waals surface area contributed by atoms with Gasteiger partial charge in [-0.05, 0) is 49.7 Å². The van der Waals surface area contributed by atoms with E-state index in [2.05, 4.69) is 41.5 Å². The average molecular weight is 365 g/mol. The molecule has 146 valence electrons. The molecule has 0 spiro atoms. The van der Waals surface area contributed by atoms with Crippen LogP contribution in [0.15, 0.2) is 0 Å². The summed E-state index contributed by atoms with van der Waals surface area (Å²) in [7, 11) is 0. The van der Waals surface area contributed by atoms with Gasteiger partial charge in [0.15, 0.2) is 0 Å². The lowest BCUT2D eigenvalue weighted by atomic mass is 9.88. The summed E-state index contributed by atoms with van der Waals surface area (Å²) in [5.74, 6) is 1.67. The van der Waals surface area contributed by atoms with Gasteiger partial charge in [0.2, 0.25) is 0 Å². The molecule has 1 heterocycles. The summed E-state index contributed by atoms with van der Waals surface area (Å²) >= 11 is 2.04. The van der Waals surface area contributed by atoms with Crippen LogP contribution in [0.3, 0.4) is 0 Å². The van der Waals surface area contributed by atoms with Crippen molar-refractivity contribution in [3.05, 3.63) is 20.9 Å². The van der Waals surface area contributed by atoms with Crippen molar-refractivity contribution in [2.24, 2.45) is 11.8 Å². The van der Waals surface area contributed by atoms with E-state index >= 15 is 0 Å². The number of unbranched alkanes of at least 4 members (excludes halogenated alkanes) is 6. The summed E-state index contributed by atoms with van der Waals surface area (Å²) < 4.78 is 0. The number of hydrogen-bond acceptors (Lipinski definition) is 1. The van der Waals surface area contributed by atoms with Gasteiger partial charge < -0.3 is 0 Å². The van der Waals surface area contributed by atoms with Gasteiger partial charge in [-0.15, -0.1) is 11.3 Å². The first kappa shape index (κ1) is 22.7. The predicted octanol–water partition coefficient (Wildman–Crippen LogP) is 8.66. The Bertz CT molecular complexity index is 416. The molecule has 0 radical (unpaired) electrons. The second kappa shape index (κ2) is 13.0. The lowest BCUT2D eigenvalue weighted by molar-refractivity contribution is 0.473. The molecule has 0 fully saturated rings. The van der Waals surface area contributed by atoms with Gasteiger partial charge >= 0.3 is 0 Å². The molecule has 1 rings (SSSR count). The van der Waals surface area contributed by atoms with Gasteiger partial charge in [-0.3, -0.25) is 0 Å². The van der Waals surface area contributed by atoms with E-state index in [0.717, 1.165) is 11.8 Å². The van der Waals surface area contributed by atoms with Crippen LogP contribution < -0.4 is 0 Å². The van der Waals surface area contributed by atoms with Crippen LogP contribution in [0.25, 0.3) is 0 Å². The molecule has 0 saturated carbocycles. The molecule has 0 saturated heterocycles. The van der Waals surface area contributed by atoms with E-state index in [0.29, 0.717) is 0 Å². The molecule has 25 heavy (non-hydrogen) atoms. The molecule has 0 bridgehead atoms. The van der Waals surface area contributed by atoms with E-state index in [1.807, 2.05) is 11.3 Å². The van der Waals surface area contributed by atoms with E-state index in [9.17, 15) is 0 Å². The topological polar surface area (TPSA) is 0 Å². The van der Waals surface area contributed by atoms with Crippen molar-refractivity contribution < 1.29 is 0 Å². The zero-order valence-electron chi connectivity index (χ0n) is 18.0. The largest absolute Gasteiger partial charge is 0.145 e. The first-order valence-corrected chi connectivity index (χ1v) is 11.9. The molecule has 0 aromatic carbocycles. The Morgan fingerprint density at radius 1 is 0.640 bits per heavy atom. The van der Waals surface area contributed by atoms with E-state index in [4.69, 9.17) is 0 Å². The maximum absolute atomic E-state index is 2.47. The van der Waals surface area contributed by atoms with E-state index < -0.39 is 0 Å². The fourth-order valence-corrected chi connectivity index (χ4v) is 5.17. The molecule has 0 aliphatic rings. The van der Waals surface area contributed by atoms with Crippen molar-refractivity contribution in [2.75, 3.05) is 0 Å². The second-order valence-corrected chi connectivity index (χ2v) is 9.92. The third-order valence-corrected chi connectivity index (χ3v) is 6.83. The molecule has 0 N–H and O–H groups in total. The van der Waals surface area contributed by atoms with Crippen molar-refractivity contribution in [1.82, 2.24) is 0 Å². The maximum Gasteiger partial charge on any atom is 0.00519 e. The first-order chi connectivity index (χ1) is 12.0. The second-order valence-electron chi connectivity index (χ2n) is 8.49. The number of rotatable bonds is 14. The van der Waals surface area contributed by atoms with Crippen molar-refractivity contribution in [3.63, 3.8) is 0 Å². The molecule has 0 aliphatic heterocycles. The van der Waals surface area contributed by atoms with Crippen LogP contribution in [0.1, 0.15) is 113 Å². The Morgan fingerprint density at radius 2 is 1.04 bits per heavy atom. The highest BCUT2D eigenvalue weighted by Crippen LogP contribution is 2.33. The van der Waals surface area contributed by atoms with Crippen LogP contribution in [0.5, 0.6) is 0 Å². The van der Waals surface area contributed by atoms with Gasteiger partial charge in [0.1, 0.15) is 0 Å². The summed E-state index contributed by atoms with van der Waals surface area (Å²) in [6.07, 6.45) is 16.6. The molecule has 1 aromatic heterocycles. The number of thiophene rings is 1. The van der Waals surface area contributed by atoms with Crippen molar-refractivity contribution in [1.29, 1.82) is 0 Å². The molecule has 2 unspecified atom stereocenters. The molecular weight excluding hydrogens is 320 g/mol. The van der Waals surface area contributed by atoms with Gasteiger partial charge in [-0.25, -0.2) is 0 Å². The minimum Gasteiger partial charge on any atom is -0.145 e. The molecule has 0 nitrogen and oxygen atoms in total. The van der Waals surface area contributed by atoms with Crippen LogP contribution in [0.2, 0.25) is 0 Å². The van der Waals surface area contributed by atoms with Crippen LogP contribution in [-0.2, 0) is 12.8 Å². The van der Waals surface area contributed by atoms with Gasteiger partial charge in [0.05, 0.1) is 0 Å². The van der Waals surface area contributed by atoms with Gasteiger partial charge in [-0.1, -0.05) is 91.9 Å². The van der Waals surface area contributed by atoms with Crippen molar-refractivity contribution >= 4 is 11.3 Å². The highest BCUT2D eigenvalue weighted by molar-refractivity contribution is 7.12. The van der Waals surface area contributed by atoms with Crippen LogP contribution in [0, 0.1) is 25.7 Å². The summed E-state index contributed by atoms with van der Waals surface area (Å²) in [5, 5.41) is 0. The molecule has 2 atom stereocenters. The fraction of sp³-hybridized carbons (Fsp3) is 0.833. The first-order valence-electron chi connectivity index (χ1n) is 11.1. The quantitative estimate of drug-likeness (QED) is 0.290. The van der Waals surface area contributed by atoms with Crippen LogP contribution in [-0.4, -0.2) is 0 Å². The Morgan fingerprint density at radius 3 is 1.40 bits per heavy atom. The summed E-state index contributed by atoms with van der Waals surface area (Å²) in [6.45, 7) is 14.2. The van der Waals surface area contributed by atoms with Crippen molar-refractivity contribution in [3.8, 4) is 0 Å². The van der Waals surface area contributed by atoms with Gasteiger partial charge in [0.25, 0.3) is 0 Å². The normalized spacial score (nSPS) is 14.0. The average Bonchev–Trinajstić information content (AvgIpc) is 2.82. The Balaban J connectivity index is 2.56. The highest BCUT2D eigenvalue weighted by Gasteiger charge is 2.17.